The van der Waals surface area contributed by atoms with Gasteiger partial charge >= 0.3 is 5.97 Å². The molecule has 0 amide bonds. The summed E-state index contributed by atoms with van der Waals surface area (Å²) in [5, 5.41) is 0. The first-order chi connectivity index (χ1) is 18.6. The maximum absolute atomic E-state index is 13.5. The second-order valence-electron chi connectivity index (χ2n) is 13.2. The molecule has 3 saturated heterocycles. The smallest absolute Gasteiger partial charge is 0.306 e. The lowest BCUT2D eigenvalue weighted by molar-refractivity contribution is -0.172. The van der Waals surface area contributed by atoms with Crippen LogP contribution in [-0.2, 0) is 30.3 Å². The molecule has 1 saturated carbocycles. The van der Waals surface area contributed by atoms with Gasteiger partial charge in [-0.2, -0.15) is 0 Å². The van der Waals surface area contributed by atoms with E-state index in [4.69, 9.17) is 23.9 Å². The van der Waals surface area contributed by atoms with Crippen molar-refractivity contribution < 1.29 is 23.7 Å². The number of hydrogen-bond acceptors (Lipinski definition) is 7. The molecule has 218 valence electrons. The fourth-order valence-electron chi connectivity index (χ4n) is 7.33. The molecule has 4 aliphatic rings. The Morgan fingerprint density at radius 1 is 1.31 bits per heavy atom. The molecule has 5 rings (SSSR count). The largest absolute Gasteiger partial charge is 0.460 e. The van der Waals surface area contributed by atoms with Gasteiger partial charge in [0.05, 0.1) is 25.0 Å². The van der Waals surface area contributed by atoms with E-state index >= 15 is 0 Å². The Balaban J connectivity index is 1.27. The van der Waals surface area contributed by atoms with E-state index in [9.17, 15) is 4.79 Å². The molecule has 1 aliphatic carbocycles. The molecule has 1 aromatic heterocycles. The summed E-state index contributed by atoms with van der Waals surface area (Å²) < 4.78 is 27.0. The van der Waals surface area contributed by atoms with Gasteiger partial charge in [0, 0.05) is 38.0 Å². The molecule has 8 nitrogen and oxygen atoms in total. The van der Waals surface area contributed by atoms with Gasteiger partial charge in [-0.3, -0.25) is 4.79 Å². The zero-order chi connectivity index (χ0) is 27.9. The summed E-state index contributed by atoms with van der Waals surface area (Å²) in [6.45, 7) is 13.5. The second-order valence-corrected chi connectivity index (χ2v) is 13.2. The molecule has 0 unspecified atom stereocenters. The number of allylic oxidation sites excluding steroid dienone is 1. The minimum atomic E-state index is -0.340. The van der Waals surface area contributed by atoms with Gasteiger partial charge in [-0.1, -0.05) is 25.5 Å². The van der Waals surface area contributed by atoms with Gasteiger partial charge in [-0.05, 0) is 72.4 Å². The lowest BCUT2D eigenvalue weighted by atomic mass is 9.68. The highest BCUT2D eigenvalue weighted by atomic mass is 16.6. The lowest BCUT2D eigenvalue weighted by Gasteiger charge is -2.42. The van der Waals surface area contributed by atoms with Crippen LogP contribution in [0.3, 0.4) is 0 Å². The molecule has 0 bridgehead atoms. The summed E-state index contributed by atoms with van der Waals surface area (Å²) in [5.74, 6) is 1.09. The summed E-state index contributed by atoms with van der Waals surface area (Å²) in [6, 6.07) is 0.517. The summed E-state index contributed by atoms with van der Waals surface area (Å²) in [6.07, 6.45) is 11.0. The molecule has 3 aliphatic heterocycles. The molecular formula is C31H49N3O5. The van der Waals surface area contributed by atoms with E-state index in [-0.39, 0.29) is 53.2 Å². The van der Waals surface area contributed by atoms with Gasteiger partial charge in [0.15, 0.2) is 0 Å². The Morgan fingerprint density at radius 3 is 2.69 bits per heavy atom. The van der Waals surface area contributed by atoms with Gasteiger partial charge in [0.25, 0.3) is 0 Å². The highest BCUT2D eigenvalue weighted by Gasteiger charge is 2.72. The van der Waals surface area contributed by atoms with Crippen molar-refractivity contribution in [1.82, 2.24) is 14.5 Å². The molecule has 1 spiro atoms. The van der Waals surface area contributed by atoms with Crippen molar-refractivity contribution in [2.24, 2.45) is 11.8 Å². The maximum atomic E-state index is 13.5. The predicted molar refractivity (Wildman–Crippen MR) is 149 cm³/mol. The topological polar surface area (TPSA) is 81.7 Å². The van der Waals surface area contributed by atoms with Crippen LogP contribution in [0.4, 0.5) is 0 Å². The third-order valence-electron chi connectivity index (χ3n) is 9.87. The molecule has 39 heavy (non-hydrogen) atoms. The number of likely N-dealkylation sites (N-methyl/N-ethyl adjacent to an activating group) is 1. The zero-order valence-corrected chi connectivity index (χ0v) is 25.0. The fraction of sp³-hybridized carbons (Fsp3) is 0.806. The second kappa shape index (κ2) is 11.3. The first-order valence-electron chi connectivity index (χ1n) is 15.0. The lowest BCUT2D eigenvalue weighted by Crippen LogP contribution is -2.55. The van der Waals surface area contributed by atoms with Crippen molar-refractivity contribution in [3.8, 4) is 0 Å². The standard InChI is InChI=1S/C31H49N3O5/c1-20(2)10-11-25-30(5,39-25)28-27(36-7)24(12-13-31(28)19-37-31)38-26(35)17-23(21(3)4)29-32-14-16-34(29)18-22-9-8-15-33(22)6/h10,14,16,21-25,27-28H,8-9,11-13,15,17-19H2,1-7H3/t22-,23-,24+,25+,27+,28+,30-,31-/m0/s1. The van der Waals surface area contributed by atoms with Crippen molar-refractivity contribution in [3.05, 3.63) is 29.9 Å². The van der Waals surface area contributed by atoms with E-state index < -0.39 is 0 Å². The van der Waals surface area contributed by atoms with E-state index in [1.165, 1.54) is 18.4 Å². The number of methoxy groups -OCH3 is 1. The fourth-order valence-corrected chi connectivity index (χ4v) is 7.33. The predicted octanol–water partition coefficient (Wildman–Crippen LogP) is 4.73. The van der Waals surface area contributed by atoms with Gasteiger partial charge in [0.2, 0.25) is 0 Å². The number of ether oxygens (including phenoxy) is 4. The summed E-state index contributed by atoms with van der Waals surface area (Å²) in [4.78, 5) is 20.6. The normalized spacial score (nSPS) is 36.8. The van der Waals surface area contributed by atoms with Crippen molar-refractivity contribution in [3.63, 3.8) is 0 Å². The molecule has 0 radical (unpaired) electrons. The van der Waals surface area contributed by atoms with E-state index in [0.29, 0.717) is 12.5 Å². The maximum Gasteiger partial charge on any atom is 0.306 e. The molecule has 8 heteroatoms. The average Bonchev–Trinajstić information content (AvgIpc) is 3.67. The van der Waals surface area contributed by atoms with Gasteiger partial charge < -0.3 is 28.4 Å². The first-order valence-corrected chi connectivity index (χ1v) is 15.0. The number of rotatable bonds is 11. The SMILES string of the molecule is CO[C@@H]1[C@H](OC(=O)C[C@H](c2nccn2C[C@@H]2CCCN2C)C(C)C)CC[C@]2(CO2)[C@H]1[C@@]1(C)O[C@@H]1CC=C(C)C. The van der Waals surface area contributed by atoms with Crippen molar-refractivity contribution in [2.45, 2.75) is 121 Å². The quantitative estimate of drug-likeness (QED) is 0.227. The monoisotopic (exact) mass is 543 g/mol. The van der Waals surface area contributed by atoms with Crippen LogP contribution in [-0.4, -0.2) is 83.3 Å². The average molecular weight is 544 g/mol. The summed E-state index contributed by atoms with van der Waals surface area (Å²) >= 11 is 0. The van der Waals surface area contributed by atoms with E-state index in [1.807, 2.05) is 6.20 Å². The van der Waals surface area contributed by atoms with Crippen molar-refractivity contribution in [2.75, 3.05) is 27.3 Å². The molecular weight excluding hydrogens is 494 g/mol. The number of hydrogen-bond donors (Lipinski definition) is 0. The number of carbonyl (C=O) groups excluding carboxylic acids is 1. The van der Waals surface area contributed by atoms with Crippen LogP contribution in [0.15, 0.2) is 24.0 Å². The van der Waals surface area contributed by atoms with Crippen LogP contribution in [0.5, 0.6) is 0 Å². The number of likely N-dealkylation sites (tertiary alicyclic amines) is 1. The Bertz CT molecular complexity index is 1040. The van der Waals surface area contributed by atoms with Gasteiger partial charge in [-0.15, -0.1) is 0 Å². The molecule has 0 aromatic carbocycles. The molecule has 1 aromatic rings. The van der Waals surface area contributed by atoms with E-state index in [1.54, 1.807) is 7.11 Å². The van der Waals surface area contributed by atoms with E-state index in [0.717, 1.165) is 44.8 Å². The summed E-state index contributed by atoms with van der Waals surface area (Å²) in [5.41, 5.74) is 0.725. The highest BCUT2D eigenvalue weighted by molar-refractivity contribution is 5.70. The Kier molecular flexibility index (Phi) is 8.31. The Hall–Kier alpha value is -1.74. The molecule has 8 atom stereocenters. The summed E-state index contributed by atoms with van der Waals surface area (Å²) in [7, 11) is 3.92. The van der Waals surface area contributed by atoms with Crippen LogP contribution in [0.25, 0.3) is 0 Å². The van der Waals surface area contributed by atoms with Crippen LogP contribution in [0.2, 0.25) is 0 Å². The number of carbonyl (C=O) groups is 1. The molecule has 4 fully saturated rings. The number of epoxide rings is 2. The zero-order valence-electron chi connectivity index (χ0n) is 25.0. The van der Waals surface area contributed by atoms with E-state index in [2.05, 4.69) is 63.4 Å². The number of aromatic nitrogens is 2. The third-order valence-corrected chi connectivity index (χ3v) is 9.87. The number of imidazole rings is 1. The van der Waals surface area contributed by atoms with Crippen LogP contribution >= 0.6 is 0 Å². The number of esters is 1. The minimum absolute atomic E-state index is 0.00423. The molecule has 0 N–H and O–H groups in total. The highest BCUT2D eigenvalue weighted by Crippen LogP contribution is 2.59. The Labute approximate surface area is 234 Å². The van der Waals surface area contributed by atoms with Crippen LogP contribution in [0.1, 0.15) is 84.9 Å². The Morgan fingerprint density at radius 2 is 2.08 bits per heavy atom. The van der Waals surface area contributed by atoms with Gasteiger partial charge in [0.1, 0.15) is 29.2 Å². The van der Waals surface area contributed by atoms with Crippen LogP contribution < -0.4 is 0 Å². The van der Waals surface area contributed by atoms with Crippen LogP contribution in [0, 0.1) is 11.8 Å². The third kappa shape index (κ3) is 5.85. The number of nitrogens with zero attached hydrogens (tertiary/aromatic N) is 3. The van der Waals surface area contributed by atoms with Crippen molar-refractivity contribution >= 4 is 5.97 Å². The van der Waals surface area contributed by atoms with Crippen molar-refractivity contribution in [1.29, 1.82) is 0 Å². The van der Waals surface area contributed by atoms with Gasteiger partial charge in [-0.25, -0.2) is 4.98 Å². The molecule has 4 heterocycles. The minimum Gasteiger partial charge on any atom is -0.460 e. The first kappa shape index (κ1) is 28.8.